The van der Waals surface area contributed by atoms with Gasteiger partial charge in [0, 0.05) is 18.7 Å². The van der Waals surface area contributed by atoms with Gasteiger partial charge in [-0.1, -0.05) is 0 Å². The lowest BCUT2D eigenvalue weighted by Gasteiger charge is -2.30. The lowest BCUT2D eigenvalue weighted by atomic mass is 9.83. The van der Waals surface area contributed by atoms with Crippen molar-refractivity contribution in [1.82, 2.24) is 0 Å². The van der Waals surface area contributed by atoms with E-state index < -0.39 is 0 Å². The highest BCUT2D eigenvalue weighted by atomic mass is 16.1. The van der Waals surface area contributed by atoms with E-state index in [0.717, 1.165) is 72.4 Å². The van der Waals surface area contributed by atoms with Crippen molar-refractivity contribution >= 4 is 22.9 Å². The summed E-state index contributed by atoms with van der Waals surface area (Å²) in [5, 5.41) is 6.69. The summed E-state index contributed by atoms with van der Waals surface area (Å²) in [6.45, 7) is 4.97. The minimum atomic E-state index is 0.0661. The second-order valence-corrected chi connectivity index (χ2v) is 5.63. The van der Waals surface area contributed by atoms with Gasteiger partial charge in [0.1, 0.15) is 0 Å². The van der Waals surface area contributed by atoms with Crippen molar-refractivity contribution in [2.24, 2.45) is 0 Å². The van der Waals surface area contributed by atoms with Crippen LogP contribution >= 0.6 is 0 Å². The van der Waals surface area contributed by atoms with Crippen LogP contribution in [0.2, 0.25) is 0 Å². The molecule has 0 saturated heterocycles. The molecule has 0 unspecified atom stereocenters. The summed E-state index contributed by atoms with van der Waals surface area (Å²) in [5.74, 6) is 0.177. The average Bonchev–Trinajstić information content (AvgIpc) is 2.43. The third-order valence-corrected chi connectivity index (χ3v) is 4.22. The molecule has 0 aromatic heterocycles. The van der Waals surface area contributed by atoms with Gasteiger partial charge in [0.05, 0.1) is 16.9 Å². The molecule has 0 atom stereocenters. The third-order valence-electron chi connectivity index (χ3n) is 4.22. The molecule has 106 valence electrons. The highest BCUT2D eigenvalue weighted by molar-refractivity contribution is 6.11. The number of hydrogen-bond donors (Lipinski definition) is 2. The van der Waals surface area contributed by atoms with E-state index in [9.17, 15) is 9.59 Å². The van der Waals surface area contributed by atoms with Gasteiger partial charge in [-0.05, 0) is 50.7 Å². The number of Topliss-reactive ketones (excluding diaryl/α,β-unsaturated/α-hetero) is 2. The Labute approximate surface area is 118 Å². The van der Waals surface area contributed by atoms with Crippen molar-refractivity contribution in [3.63, 3.8) is 0 Å². The number of fused-ring (bicyclic) bond motifs is 2. The smallest absolute Gasteiger partial charge is 0.163 e. The van der Waals surface area contributed by atoms with Crippen LogP contribution in [0.25, 0.3) is 0 Å². The first-order chi connectivity index (χ1) is 9.61. The number of benzene rings is 1. The van der Waals surface area contributed by atoms with Crippen LogP contribution in [0.1, 0.15) is 58.5 Å². The van der Waals surface area contributed by atoms with Gasteiger partial charge in [-0.15, -0.1) is 0 Å². The predicted octanol–water partition coefficient (Wildman–Crippen LogP) is 2.81. The summed E-state index contributed by atoms with van der Waals surface area (Å²) in [4.78, 5) is 24.2. The van der Waals surface area contributed by atoms with Gasteiger partial charge >= 0.3 is 0 Å². The fourth-order valence-electron chi connectivity index (χ4n) is 3.48. The van der Waals surface area contributed by atoms with Gasteiger partial charge in [-0.3, -0.25) is 9.59 Å². The number of carbonyl (C=O) groups is 2. The van der Waals surface area contributed by atoms with Crippen molar-refractivity contribution in [1.29, 1.82) is 0 Å². The summed E-state index contributed by atoms with van der Waals surface area (Å²) in [6.07, 6.45) is 3.78. The number of nitrogens with one attached hydrogen (secondary N) is 2. The monoisotopic (exact) mass is 272 g/mol. The summed E-state index contributed by atoms with van der Waals surface area (Å²) in [6, 6.07) is 0. The molecule has 1 aromatic carbocycles. The molecular formula is C16H20N2O2. The largest absolute Gasteiger partial charge is 0.384 e. The number of carbonyl (C=O) groups excluding carboxylic acids is 2. The molecule has 0 amide bonds. The fraction of sp³-hybridized carbons (Fsp3) is 0.500. The average molecular weight is 272 g/mol. The lowest BCUT2D eigenvalue weighted by Crippen LogP contribution is -2.25. The van der Waals surface area contributed by atoms with Gasteiger partial charge in [0.2, 0.25) is 0 Å². The lowest BCUT2D eigenvalue weighted by molar-refractivity contribution is 0.100. The molecule has 4 nitrogen and oxygen atoms in total. The van der Waals surface area contributed by atoms with E-state index in [2.05, 4.69) is 10.6 Å². The summed E-state index contributed by atoms with van der Waals surface area (Å²) in [7, 11) is 0. The molecule has 3 rings (SSSR count). The van der Waals surface area contributed by atoms with Crippen LogP contribution < -0.4 is 10.6 Å². The van der Waals surface area contributed by atoms with E-state index in [4.69, 9.17) is 0 Å². The van der Waals surface area contributed by atoms with Crippen molar-refractivity contribution in [3.05, 3.63) is 22.3 Å². The number of rotatable bonds is 2. The Hall–Kier alpha value is -1.84. The van der Waals surface area contributed by atoms with E-state index in [1.165, 1.54) is 0 Å². The zero-order valence-electron chi connectivity index (χ0n) is 12.1. The van der Waals surface area contributed by atoms with Gasteiger partial charge in [-0.2, -0.15) is 0 Å². The van der Waals surface area contributed by atoms with Gasteiger partial charge < -0.3 is 10.6 Å². The Morgan fingerprint density at radius 1 is 0.800 bits per heavy atom. The molecule has 0 bridgehead atoms. The quantitative estimate of drug-likeness (QED) is 0.813. The van der Waals surface area contributed by atoms with Crippen molar-refractivity contribution in [2.45, 2.75) is 39.5 Å². The molecule has 0 radical (unpaired) electrons. The topological polar surface area (TPSA) is 58.2 Å². The van der Waals surface area contributed by atoms with Gasteiger partial charge in [-0.25, -0.2) is 0 Å². The molecule has 20 heavy (non-hydrogen) atoms. The van der Waals surface area contributed by atoms with E-state index in [1.54, 1.807) is 13.8 Å². The van der Waals surface area contributed by atoms with Crippen LogP contribution in [0.3, 0.4) is 0 Å². The molecule has 0 spiro atoms. The molecule has 0 fully saturated rings. The Kier molecular flexibility index (Phi) is 3.24. The Bertz CT molecular complexity index is 515. The number of anilines is 2. The first kappa shape index (κ1) is 13.2. The fourth-order valence-corrected chi connectivity index (χ4v) is 3.48. The predicted molar refractivity (Wildman–Crippen MR) is 80.1 cm³/mol. The number of hydrogen-bond acceptors (Lipinski definition) is 4. The third kappa shape index (κ3) is 1.90. The molecule has 2 aliphatic rings. The molecule has 1 aromatic rings. The molecule has 0 aliphatic carbocycles. The molecule has 2 aliphatic heterocycles. The van der Waals surface area contributed by atoms with Gasteiger partial charge in [0.25, 0.3) is 0 Å². The van der Waals surface area contributed by atoms with Crippen LogP contribution in [0.5, 0.6) is 0 Å². The second kappa shape index (κ2) is 4.93. The summed E-state index contributed by atoms with van der Waals surface area (Å²) in [5.41, 5.74) is 5.48. The number of ketones is 2. The maximum Gasteiger partial charge on any atom is 0.163 e. The molecular weight excluding hydrogens is 252 g/mol. The molecule has 4 heteroatoms. The standard InChI is InChI=1S/C16H20N2O2/c1-9(19)13-11-5-3-7-17-15(11)14(10(2)20)16-12(13)6-4-8-18-16/h17-18H,3-8H2,1-2H3. The van der Waals surface area contributed by atoms with Crippen LogP contribution in [-0.4, -0.2) is 24.7 Å². The highest BCUT2D eigenvalue weighted by Gasteiger charge is 2.29. The van der Waals surface area contributed by atoms with Crippen LogP contribution in [0.15, 0.2) is 0 Å². The normalized spacial score (nSPS) is 16.5. The van der Waals surface area contributed by atoms with Crippen molar-refractivity contribution in [3.8, 4) is 0 Å². The van der Waals surface area contributed by atoms with Crippen LogP contribution in [-0.2, 0) is 12.8 Å². The van der Waals surface area contributed by atoms with E-state index >= 15 is 0 Å². The second-order valence-electron chi connectivity index (χ2n) is 5.63. The molecule has 2 N–H and O–H groups in total. The van der Waals surface area contributed by atoms with E-state index in [1.807, 2.05) is 0 Å². The molecule has 2 heterocycles. The van der Waals surface area contributed by atoms with Crippen molar-refractivity contribution in [2.75, 3.05) is 23.7 Å². The first-order valence-corrected chi connectivity index (χ1v) is 7.32. The highest BCUT2D eigenvalue weighted by Crippen LogP contribution is 2.41. The maximum atomic E-state index is 12.1. The summed E-state index contributed by atoms with van der Waals surface area (Å²) < 4.78 is 0. The first-order valence-electron chi connectivity index (χ1n) is 7.32. The zero-order valence-corrected chi connectivity index (χ0v) is 12.1. The van der Waals surface area contributed by atoms with E-state index in [-0.39, 0.29) is 11.6 Å². The van der Waals surface area contributed by atoms with Crippen molar-refractivity contribution < 1.29 is 9.59 Å². The van der Waals surface area contributed by atoms with Crippen LogP contribution in [0.4, 0.5) is 11.4 Å². The maximum absolute atomic E-state index is 12.1. The molecule has 0 saturated carbocycles. The van der Waals surface area contributed by atoms with Gasteiger partial charge in [0.15, 0.2) is 11.6 Å². The zero-order chi connectivity index (χ0) is 14.3. The van der Waals surface area contributed by atoms with Crippen LogP contribution in [0, 0.1) is 0 Å². The Morgan fingerprint density at radius 2 is 1.25 bits per heavy atom. The minimum absolute atomic E-state index is 0.0661. The Morgan fingerprint density at radius 3 is 1.65 bits per heavy atom. The summed E-state index contributed by atoms with van der Waals surface area (Å²) >= 11 is 0. The minimum Gasteiger partial charge on any atom is -0.384 e. The SMILES string of the molecule is CC(=O)c1c2c(c(C(C)=O)c3c1CCCN3)NCCC2. The van der Waals surface area contributed by atoms with E-state index in [0.29, 0.717) is 0 Å². The Balaban J connectivity index is 2.37.